The number of hydrogen-bond donors (Lipinski definition) is 2. The number of rotatable bonds is 7. The smallest absolute Gasteiger partial charge is 0.410 e. The number of ether oxygens (including phenoxy) is 2. The van der Waals surface area contributed by atoms with E-state index >= 15 is 0 Å². The molecule has 2 aromatic carbocycles. The zero-order chi connectivity index (χ0) is 32.6. The number of pyridine rings is 1. The summed E-state index contributed by atoms with van der Waals surface area (Å²) in [6.07, 6.45) is 5.72. The van der Waals surface area contributed by atoms with E-state index in [-0.39, 0.29) is 29.4 Å². The molecule has 1 saturated carbocycles. The second kappa shape index (κ2) is 12.2. The van der Waals surface area contributed by atoms with E-state index in [1.54, 1.807) is 17.3 Å². The third-order valence-electron chi connectivity index (χ3n) is 8.60. The number of carbonyl (C=O) groups is 2. The molecule has 10 heteroatoms. The zero-order valence-corrected chi connectivity index (χ0v) is 27.4. The molecule has 4 aromatic rings. The van der Waals surface area contributed by atoms with Gasteiger partial charge in [0.1, 0.15) is 11.4 Å². The van der Waals surface area contributed by atoms with Crippen molar-refractivity contribution >= 4 is 34.4 Å². The second-order valence-corrected chi connectivity index (χ2v) is 14.0. The molecule has 6 rings (SSSR count). The number of nitrogens with zero attached hydrogens (tertiary/aromatic N) is 4. The Bertz CT molecular complexity index is 1780. The SMILES string of the molecule is Cc1ccc2c(NC(=O)C3CC3(C)C)cccc2c1Oc1ncccc1-c1ccnc(N[C@H]2CCCN(C(=O)OC(C)(C)C)C2)n1. The van der Waals surface area contributed by atoms with E-state index < -0.39 is 5.60 Å². The molecule has 2 atom stereocenters. The van der Waals surface area contributed by atoms with Crippen molar-refractivity contribution in [2.24, 2.45) is 11.3 Å². The average molecular weight is 623 g/mol. The molecule has 2 N–H and O–H groups in total. The van der Waals surface area contributed by atoms with Gasteiger partial charge >= 0.3 is 6.09 Å². The van der Waals surface area contributed by atoms with Crippen molar-refractivity contribution in [2.75, 3.05) is 23.7 Å². The van der Waals surface area contributed by atoms with Gasteiger partial charge in [0.25, 0.3) is 0 Å². The van der Waals surface area contributed by atoms with Gasteiger partial charge in [0, 0.05) is 53.9 Å². The Labute approximate surface area is 269 Å². The highest BCUT2D eigenvalue weighted by Gasteiger charge is 2.50. The van der Waals surface area contributed by atoms with E-state index in [9.17, 15) is 9.59 Å². The molecule has 2 aromatic heterocycles. The predicted octanol–water partition coefficient (Wildman–Crippen LogP) is 7.59. The van der Waals surface area contributed by atoms with Gasteiger partial charge in [-0.2, -0.15) is 0 Å². The topological polar surface area (TPSA) is 119 Å². The molecule has 1 aliphatic heterocycles. The number of aromatic nitrogens is 3. The Morgan fingerprint density at radius 3 is 2.57 bits per heavy atom. The summed E-state index contributed by atoms with van der Waals surface area (Å²) in [6, 6.07) is 15.4. The van der Waals surface area contributed by atoms with Crippen molar-refractivity contribution in [3.63, 3.8) is 0 Å². The molecule has 0 radical (unpaired) electrons. The van der Waals surface area contributed by atoms with Crippen LogP contribution in [0.5, 0.6) is 11.6 Å². The number of fused-ring (bicyclic) bond motifs is 1. The minimum atomic E-state index is -0.547. The van der Waals surface area contributed by atoms with Crippen LogP contribution in [0, 0.1) is 18.3 Å². The van der Waals surface area contributed by atoms with Gasteiger partial charge in [-0.15, -0.1) is 0 Å². The van der Waals surface area contributed by atoms with Crippen molar-refractivity contribution < 1.29 is 19.1 Å². The maximum Gasteiger partial charge on any atom is 0.410 e. The van der Waals surface area contributed by atoms with Gasteiger partial charge in [0.05, 0.1) is 11.3 Å². The predicted molar refractivity (Wildman–Crippen MR) is 179 cm³/mol. The van der Waals surface area contributed by atoms with Gasteiger partial charge in [-0.05, 0) is 82.2 Å². The maximum absolute atomic E-state index is 12.9. The third kappa shape index (κ3) is 6.90. The second-order valence-electron chi connectivity index (χ2n) is 14.0. The Kier molecular flexibility index (Phi) is 8.31. The molecule has 2 amide bonds. The molecule has 0 bridgehead atoms. The zero-order valence-electron chi connectivity index (χ0n) is 27.4. The van der Waals surface area contributed by atoms with Crippen molar-refractivity contribution in [2.45, 2.75) is 72.4 Å². The van der Waals surface area contributed by atoms with Crippen molar-refractivity contribution in [3.8, 4) is 22.9 Å². The van der Waals surface area contributed by atoms with Crippen LogP contribution >= 0.6 is 0 Å². The Hall–Kier alpha value is -4.73. The summed E-state index contributed by atoms with van der Waals surface area (Å²) in [5.41, 5.74) is 2.56. The number of hydrogen-bond acceptors (Lipinski definition) is 8. The van der Waals surface area contributed by atoms with Crippen LogP contribution in [0.3, 0.4) is 0 Å². The standard InChI is InChI=1S/C36H42N6O4/c1-22-14-15-24-25(11-7-13-28(24)40-31(43)27-20-36(27,5)6)30(22)45-32-26(12-8-17-37-32)29-16-18-38-33(41-29)39-23-10-9-19-42(21-23)34(44)46-35(2,3)4/h7-8,11-18,23,27H,9-10,19-21H2,1-6H3,(H,40,43)(H,38,39,41)/t23-,27?/m0/s1. The van der Waals surface area contributed by atoms with E-state index in [4.69, 9.17) is 14.5 Å². The number of anilines is 2. The minimum absolute atomic E-state index is 0.0138. The molecule has 1 saturated heterocycles. The minimum Gasteiger partial charge on any atom is -0.444 e. The van der Waals surface area contributed by atoms with Crippen molar-refractivity contribution in [1.29, 1.82) is 0 Å². The molecule has 240 valence electrons. The fourth-order valence-corrected chi connectivity index (χ4v) is 5.93. The molecule has 2 fully saturated rings. The molecule has 46 heavy (non-hydrogen) atoms. The molecular weight excluding hydrogens is 580 g/mol. The van der Waals surface area contributed by atoms with Gasteiger partial charge in [0.15, 0.2) is 0 Å². The van der Waals surface area contributed by atoms with Gasteiger partial charge in [-0.3, -0.25) is 4.79 Å². The monoisotopic (exact) mass is 622 g/mol. The lowest BCUT2D eigenvalue weighted by Gasteiger charge is -2.34. The quantitative estimate of drug-likeness (QED) is 0.216. The number of amides is 2. The van der Waals surface area contributed by atoms with E-state index in [0.29, 0.717) is 41.9 Å². The van der Waals surface area contributed by atoms with Gasteiger partial charge in [-0.25, -0.2) is 19.7 Å². The fourth-order valence-electron chi connectivity index (χ4n) is 5.93. The molecular formula is C36H42N6O4. The lowest BCUT2D eigenvalue weighted by molar-refractivity contribution is -0.118. The summed E-state index contributed by atoms with van der Waals surface area (Å²) in [4.78, 5) is 41.2. The molecule has 1 unspecified atom stereocenters. The highest BCUT2D eigenvalue weighted by atomic mass is 16.6. The third-order valence-corrected chi connectivity index (χ3v) is 8.60. The van der Waals surface area contributed by atoms with Gasteiger partial charge in [0.2, 0.25) is 17.7 Å². The first-order chi connectivity index (χ1) is 21.9. The lowest BCUT2D eigenvalue weighted by atomic mass is 10.0. The highest BCUT2D eigenvalue weighted by molar-refractivity contribution is 6.05. The first kappa shape index (κ1) is 31.3. The first-order valence-corrected chi connectivity index (χ1v) is 15.9. The number of benzene rings is 2. The Balaban J connectivity index is 1.23. The van der Waals surface area contributed by atoms with E-state index in [2.05, 4.69) is 34.4 Å². The van der Waals surface area contributed by atoms with E-state index in [0.717, 1.165) is 41.3 Å². The van der Waals surface area contributed by atoms with Crippen LogP contribution in [0.4, 0.5) is 16.4 Å². The molecule has 10 nitrogen and oxygen atoms in total. The Morgan fingerprint density at radius 1 is 1.00 bits per heavy atom. The van der Waals surface area contributed by atoms with Crippen LogP contribution in [0.25, 0.3) is 22.0 Å². The average Bonchev–Trinajstić information content (AvgIpc) is 3.66. The fraction of sp³-hybridized carbons (Fsp3) is 0.417. The van der Waals surface area contributed by atoms with Crippen LogP contribution in [0.2, 0.25) is 0 Å². The highest BCUT2D eigenvalue weighted by Crippen LogP contribution is 2.52. The molecule has 1 aliphatic carbocycles. The summed E-state index contributed by atoms with van der Waals surface area (Å²) >= 11 is 0. The normalized spacial score (nSPS) is 19.0. The first-order valence-electron chi connectivity index (χ1n) is 15.9. The summed E-state index contributed by atoms with van der Waals surface area (Å²) < 4.78 is 12.1. The molecule has 0 spiro atoms. The van der Waals surface area contributed by atoms with Crippen LogP contribution < -0.4 is 15.4 Å². The van der Waals surface area contributed by atoms with Crippen LogP contribution in [0.1, 0.15) is 59.4 Å². The van der Waals surface area contributed by atoms with Crippen molar-refractivity contribution in [1.82, 2.24) is 19.9 Å². The van der Waals surface area contributed by atoms with E-state index in [1.807, 2.05) is 76.2 Å². The van der Waals surface area contributed by atoms with Crippen LogP contribution in [-0.4, -0.2) is 56.6 Å². The summed E-state index contributed by atoms with van der Waals surface area (Å²) in [5, 5.41) is 8.33. The number of carbonyl (C=O) groups excluding carboxylic acids is 2. The number of aryl methyl sites for hydroxylation is 1. The van der Waals surface area contributed by atoms with Gasteiger partial charge < -0.3 is 25.0 Å². The summed E-state index contributed by atoms with van der Waals surface area (Å²) in [7, 11) is 0. The summed E-state index contributed by atoms with van der Waals surface area (Å²) in [6.45, 7) is 13.0. The largest absolute Gasteiger partial charge is 0.444 e. The van der Waals surface area contributed by atoms with Gasteiger partial charge in [-0.1, -0.05) is 38.1 Å². The molecule has 3 heterocycles. The lowest BCUT2D eigenvalue weighted by Crippen LogP contribution is -2.47. The van der Waals surface area contributed by atoms with Crippen LogP contribution in [-0.2, 0) is 9.53 Å². The van der Waals surface area contributed by atoms with E-state index in [1.165, 1.54) is 0 Å². The van der Waals surface area contributed by atoms with Crippen LogP contribution in [0.15, 0.2) is 60.9 Å². The maximum atomic E-state index is 12.9. The number of likely N-dealkylation sites (tertiary alicyclic amines) is 1. The summed E-state index contributed by atoms with van der Waals surface area (Å²) in [5.74, 6) is 1.60. The molecule has 2 aliphatic rings. The Morgan fingerprint density at radius 2 is 1.80 bits per heavy atom. The van der Waals surface area contributed by atoms with Crippen molar-refractivity contribution in [3.05, 3.63) is 66.5 Å². The number of nitrogens with one attached hydrogen (secondary N) is 2. The number of piperidine rings is 1.